The van der Waals surface area contributed by atoms with Gasteiger partial charge in [-0.3, -0.25) is 4.79 Å². The summed E-state index contributed by atoms with van der Waals surface area (Å²) in [7, 11) is 3.80. The van der Waals surface area contributed by atoms with Crippen LogP contribution in [0.4, 0.5) is 5.69 Å². The zero-order chi connectivity index (χ0) is 19.8. The molecule has 5 heteroatoms. The first-order valence-corrected chi connectivity index (χ1v) is 9.15. The molecule has 0 saturated carbocycles. The van der Waals surface area contributed by atoms with Crippen molar-refractivity contribution in [2.45, 2.75) is 26.3 Å². The van der Waals surface area contributed by atoms with Crippen molar-refractivity contribution in [3.05, 3.63) is 65.7 Å². The molecule has 144 valence electrons. The van der Waals surface area contributed by atoms with Gasteiger partial charge in [0, 0.05) is 19.8 Å². The molecule has 0 unspecified atom stereocenters. The van der Waals surface area contributed by atoms with Crippen molar-refractivity contribution in [3.63, 3.8) is 0 Å². The molecular weight excluding hydrogens is 340 g/mol. The molecular formula is C22H28N2O3. The van der Waals surface area contributed by atoms with E-state index in [2.05, 4.69) is 19.2 Å². The van der Waals surface area contributed by atoms with Gasteiger partial charge in [-0.15, -0.1) is 0 Å². The highest BCUT2D eigenvalue weighted by Gasteiger charge is 2.17. The maximum Gasteiger partial charge on any atom is 0.338 e. The van der Waals surface area contributed by atoms with Crippen LogP contribution in [0.2, 0.25) is 0 Å². The molecule has 0 saturated heterocycles. The molecule has 1 N–H and O–H groups in total. The SMILES string of the molecule is CC(C)C[C@H](NC(=O)COC(=O)c1cccc(N(C)C)c1)c1ccccc1. The van der Waals surface area contributed by atoms with Gasteiger partial charge >= 0.3 is 5.97 Å². The Bertz CT molecular complexity index is 757. The van der Waals surface area contributed by atoms with Gasteiger partial charge in [-0.05, 0) is 36.1 Å². The molecule has 0 spiro atoms. The minimum absolute atomic E-state index is 0.102. The van der Waals surface area contributed by atoms with Gasteiger partial charge in [-0.2, -0.15) is 0 Å². The van der Waals surface area contributed by atoms with Crippen LogP contribution in [0.1, 0.15) is 42.2 Å². The van der Waals surface area contributed by atoms with Crippen LogP contribution < -0.4 is 10.2 Å². The lowest BCUT2D eigenvalue weighted by Crippen LogP contribution is -2.33. The number of nitrogens with zero attached hydrogens (tertiary/aromatic N) is 1. The second kappa shape index (κ2) is 9.76. The number of carbonyl (C=O) groups excluding carboxylic acids is 2. The Labute approximate surface area is 161 Å². The molecule has 0 aromatic heterocycles. The molecule has 2 aromatic rings. The normalized spacial score (nSPS) is 11.7. The number of rotatable bonds is 8. The third-order valence-corrected chi connectivity index (χ3v) is 4.18. The topological polar surface area (TPSA) is 58.6 Å². The summed E-state index contributed by atoms with van der Waals surface area (Å²) in [5.41, 5.74) is 2.37. The second-order valence-corrected chi connectivity index (χ2v) is 7.18. The van der Waals surface area contributed by atoms with E-state index in [4.69, 9.17) is 4.74 Å². The summed E-state index contributed by atoms with van der Waals surface area (Å²) in [4.78, 5) is 26.5. The summed E-state index contributed by atoms with van der Waals surface area (Å²) in [6.07, 6.45) is 0.814. The van der Waals surface area contributed by atoms with Gasteiger partial charge in [0.1, 0.15) is 0 Å². The molecule has 0 aliphatic carbocycles. The number of carbonyl (C=O) groups is 2. The van der Waals surface area contributed by atoms with Crippen LogP contribution in [-0.4, -0.2) is 32.6 Å². The highest BCUT2D eigenvalue weighted by Crippen LogP contribution is 2.21. The van der Waals surface area contributed by atoms with Gasteiger partial charge in [0.25, 0.3) is 5.91 Å². The van der Waals surface area contributed by atoms with E-state index < -0.39 is 5.97 Å². The lowest BCUT2D eigenvalue weighted by Gasteiger charge is -2.21. The first kappa shape index (κ1) is 20.5. The van der Waals surface area contributed by atoms with Crippen molar-refractivity contribution in [2.75, 3.05) is 25.6 Å². The van der Waals surface area contributed by atoms with E-state index >= 15 is 0 Å². The van der Waals surface area contributed by atoms with Crippen molar-refractivity contribution < 1.29 is 14.3 Å². The summed E-state index contributed by atoms with van der Waals surface area (Å²) in [5.74, 6) is -0.387. The summed E-state index contributed by atoms with van der Waals surface area (Å²) in [6.45, 7) is 3.92. The maximum absolute atomic E-state index is 12.3. The second-order valence-electron chi connectivity index (χ2n) is 7.18. The molecule has 0 radical (unpaired) electrons. The van der Waals surface area contributed by atoms with Crippen molar-refractivity contribution in [1.29, 1.82) is 0 Å². The lowest BCUT2D eigenvalue weighted by molar-refractivity contribution is -0.125. The number of benzene rings is 2. The summed E-state index contributed by atoms with van der Waals surface area (Å²) >= 11 is 0. The number of hydrogen-bond acceptors (Lipinski definition) is 4. The Kier molecular flexibility index (Phi) is 7.41. The molecule has 0 heterocycles. The largest absolute Gasteiger partial charge is 0.452 e. The molecule has 0 aliphatic rings. The Morgan fingerprint density at radius 1 is 1.04 bits per heavy atom. The van der Waals surface area contributed by atoms with Crippen LogP contribution in [0.3, 0.4) is 0 Å². The third kappa shape index (κ3) is 6.44. The molecule has 1 amide bonds. The Balaban J connectivity index is 1.95. The maximum atomic E-state index is 12.3. The highest BCUT2D eigenvalue weighted by atomic mass is 16.5. The van der Waals surface area contributed by atoms with Crippen LogP contribution in [0.25, 0.3) is 0 Å². The van der Waals surface area contributed by atoms with Crippen LogP contribution in [-0.2, 0) is 9.53 Å². The average molecular weight is 368 g/mol. The van der Waals surface area contributed by atoms with E-state index in [0.717, 1.165) is 17.7 Å². The van der Waals surface area contributed by atoms with Crippen molar-refractivity contribution >= 4 is 17.6 Å². The quantitative estimate of drug-likeness (QED) is 0.720. The van der Waals surface area contributed by atoms with Gasteiger partial charge < -0.3 is 15.0 Å². The molecule has 2 aromatic carbocycles. The molecule has 5 nitrogen and oxygen atoms in total. The monoisotopic (exact) mass is 368 g/mol. The summed E-state index contributed by atoms with van der Waals surface area (Å²) in [6, 6.07) is 16.8. The predicted octanol–water partition coefficient (Wildman–Crippen LogP) is 3.81. The van der Waals surface area contributed by atoms with Crippen LogP contribution >= 0.6 is 0 Å². The Morgan fingerprint density at radius 3 is 2.37 bits per heavy atom. The molecule has 1 atom stereocenters. The number of anilines is 1. The first-order valence-electron chi connectivity index (χ1n) is 9.15. The van der Waals surface area contributed by atoms with E-state index in [1.54, 1.807) is 18.2 Å². The van der Waals surface area contributed by atoms with Gasteiger partial charge in [0.15, 0.2) is 6.61 Å². The van der Waals surface area contributed by atoms with Crippen LogP contribution in [0, 0.1) is 5.92 Å². The number of nitrogens with one attached hydrogen (secondary N) is 1. The average Bonchev–Trinajstić information content (AvgIpc) is 2.66. The zero-order valence-electron chi connectivity index (χ0n) is 16.4. The van der Waals surface area contributed by atoms with Gasteiger partial charge in [0.05, 0.1) is 11.6 Å². The Hall–Kier alpha value is -2.82. The van der Waals surface area contributed by atoms with Gasteiger partial charge in [0.2, 0.25) is 0 Å². The molecule has 27 heavy (non-hydrogen) atoms. The smallest absolute Gasteiger partial charge is 0.338 e. The van der Waals surface area contributed by atoms with Gasteiger partial charge in [-0.25, -0.2) is 4.79 Å². The van der Waals surface area contributed by atoms with Crippen molar-refractivity contribution in [2.24, 2.45) is 5.92 Å². The van der Waals surface area contributed by atoms with E-state index in [0.29, 0.717) is 11.5 Å². The lowest BCUT2D eigenvalue weighted by atomic mass is 9.97. The number of hydrogen-bond donors (Lipinski definition) is 1. The van der Waals surface area contributed by atoms with E-state index in [-0.39, 0.29) is 18.6 Å². The third-order valence-electron chi connectivity index (χ3n) is 4.18. The number of esters is 1. The van der Waals surface area contributed by atoms with Crippen LogP contribution in [0.15, 0.2) is 54.6 Å². The fourth-order valence-electron chi connectivity index (χ4n) is 2.80. The molecule has 2 rings (SSSR count). The van der Waals surface area contributed by atoms with Crippen molar-refractivity contribution in [1.82, 2.24) is 5.32 Å². The predicted molar refractivity (Wildman–Crippen MR) is 108 cm³/mol. The summed E-state index contributed by atoms with van der Waals surface area (Å²) in [5, 5.41) is 2.98. The van der Waals surface area contributed by atoms with Gasteiger partial charge in [-0.1, -0.05) is 50.2 Å². The number of amides is 1. The van der Waals surface area contributed by atoms with Crippen molar-refractivity contribution in [3.8, 4) is 0 Å². The minimum Gasteiger partial charge on any atom is -0.452 e. The number of ether oxygens (including phenoxy) is 1. The molecule has 0 bridgehead atoms. The summed E-state index contributed by atoms with van der Waals surface area (Å²) < 4.78 is 5.20. The zero-order valence-corrected chi connectivity index (χ0v) is 16.4. The van der Waals surface area contributed by atoms with E-state index in [1.165, 1.54) is 0 Å². The van der Waals surface area contributed by atoms with Crippen LogP contribution in [0.5, 0.6) is 0 Å². The first-order chi connectivity index (χ1) is 12.9. The van der Waals surface area contributed by atoms with E-state index in [1.807, 2.05) is 55.4 Å². The molecule has 0 fully saturated rings. The van der Waals surface area contributed by atoms with E-state index in [9.17, 15) is 9.59 Å². The standard InChI is InChI=1S/C22H28N2O3/c1-16(2)13-20(17-9-6-5-7-10-17)23-21(25)15-27-22(26)18-11-8-12-19(14-18)24(3)4/h5-12,14,16,20H,13,15H2,1-4H3,(H,23,25)/t20-/m0/s1. The Morgan fingerprint density at radius 2 is 1.74 bits per heavy atom. The fourth-order valence-corrected chi connectivity index (χ4v) is 2.80. The molecule has 0 aliphatic heterocycles. The highest BCUT2D eigenvalue weighted by molar-refractivity contribution is 5.92. The minimum atomic E-state index is -0.506. The fraction of sp³-hybridized carbons (Fsp3) is 0.364.